The van der Waals surface area contributed by atoms with Crippen LogP contribution in [0.3, 0.4) is 0 Å². The van der Waals surface area contributed by atoms with Gasteiger partial charge in [-0.15, -0.1) is 5.10 Å². The Kier molecular flexibility index (Phi) is 5.99. The van der Waals surface area contributed by atoms with Gasteiger partial charge in [0, 0.05) is 19.3 Å². The van der Waals surface area contributed by atoms with Gasteiger partial charge < -0.3 is 9.47 Å². The average Bonchev–Trinajstić information content (AvgIpc) is 2.75. The fraction of sp³-hybridized carbons (Fsp3) is 0.700. The second kappa shape index (κ2) is 7.29. The third-order valence-corrected chi connectivity index (χ3v) is 2.86. The number of thioether (sulfide) groups is 1. The minimum absolute atomic E-state index is 0.283. The molecule has 0 aliphatic rings. The second-order valence-corrected chi connectivity index (χ2v) is 4.32. The summed E-state index contributed by atoms with van der Waals surface area (Å²) in [6.45, 7) is 1.25. The van der Waals surface area contributed by atoms with Gasteiger partial charge in [0.05, 0.1) is 26.0 Å². The van der Waals surface area contributed by atoms with Crippen molar-refractivity contribution in [3.8, 4) is 0 Å². The van der Waals surface area contributed by atoms with Crippen molar-refractivity contribution in [3.05, 3.63) is 11.4 Å². The molecule has 0 amide bonds. The lowest BCUT2D eigenvalue weighted by Crippen LogP contribution is -2.13. The average molecular weight is 259 g/mol. The standard InChI is InChI=1S/C10H17N3O3S/c1-15-6-4-8-9(10(14)16-2)11-12-13(8)5-7-17-3/h4-7H2,1-3H3. The van der Waals surface area contributed by atoms with Crippen LogP contribution in [0, 0.1) is 0 Å². The molecule has 0 fully saturated rings. The lowest BCUT2D eigenvalue weighted by Gasteiger charge is -2.06. The van der Waals surface area contributed by atoms with Crippen molar-refractivity contribution in [2.75, 3.05) is 32.8 Å². The van der Waals surface area contributed by atoms with Gasteiger partial charge in [-0.3, -0.25) is 0 Å². The number of carbonyl (C=O) groups excluding carboxylic acids is 1. The molecule has 0 N–H and O–H groups in total. The third-order valence-electron chi connectivity index (χ3n) is 2.27. The number of hydrogen-bond donors (Lipinski definition) is 0. The maximum absolute atomic E-state index is 11.5. The van der Waals surface area contributed by atoms with Crippen LogP contribution in [0.15, 0.2) is 0 Å². The van der Waals surface area contributed by atoms with Gasteiger partial charge in [-0.1, -0.05) is 5.21 Å². The van der Waals surface area contributed by atoms with Crippen molar-refractivity contribution in [2.45, 2.75) is 13.0 Å². The Hall–Kier alpha value is -1.08. The Morgan fingerprint density at radius 2 is 2.24 bits per heavy atom. The van der Waals surface area contributed by atoms with Gasteiger partial charge in [0.25, 0.3) is 0 Å². The highest BCUT2D eigenvalue weighted by Gasteiger charge is 2.19. The van der Waals surface area contributed by atoms with Crippen LogP contribution in [0.4, 0.5) is 0 Å². The number of aromatic nitrogens is 3. The van der Waals surface area contributed by atoms with Gasteiger partial charge in [-0.25, -0.2) is 9.48 Å². The van der Waals surface area contributed by atoms with Gasteiger partial charge >= 0.3 is 5.97 Å². The summed E-state index contributed by atoms with van der Waals surface area (Å²) in [7, 11) is 2.96. The van der Waals surface area contributed by atoms with Crippen molar-refractivity contribution >= 4 is 17.7 Å². The molecule has 0 unspecified atom stereocenters. The minimum atomic E-state index is -0.452. The summed E-state index contributed by atoms with van der Waals surface area (Å²) in [4.78, 5) is 11.5. The molecule has 1 rings (SSSR count). The zero-order chi connectivity index (χ0) is 12.7. The SMILES string of the molecule is COCCc1c(C(=O)OC)nnn1CCSC. The summed E-state index contributed by atoms with van der Waals surface area (Å²) in [6.07, 6.45) is 2.62. The number of hydrogen-bond acceptors (Lipinski definition) is 6. The van der Waals surface area contributed by atoms with Gasteiger partial charge in [0.2, 0.25) is 0 Å². The first-order valence-electron chi connectivity index (χ1n) is 5.23. The molecule has 0 aliphatic carbocycles. The molecule has 1 aromatic heterocycles. The summed E-state index contributed by atoms with van der Waals surface area (Å²) >= 11 is 1.72. The van der Waals surface area contributed by atoms with E-state index in [4.69, 9.17) is 4.74 Å². The molecule has 7 heteroatoms. The highest BCUT2D eigenvalue weighted by molar-refractivity contribution is 7.98. The molecule has 0 bridgehead atoms. The molecule has 96 valence electrons. The summed E-state index contributed by atoms with van der Waals surface area (Å²) < 4.78 is 11.4. The quantitative estimate of drug-likeness (QED) is 0.669. The van der Waals surface area contributed by atoms with Gasteiger partial charge in [-0.05, 0) is 6.26 Å². The predicted octanol–water partition coefficient (Wildman–Crippen LogP) is 0.617. The molecule has 0 aromatic carbocycles. The number of rotatable bonds is 7. The second-order valence-electron chi connectivity index (χ2n) is 3.34. The number of nitrogens with zero attached hydrogens (tertiary/aromatic N) is 3. The zero-order valence-corrected chi connectivity index (χ0v) is 11.1. The van der Waals surface area contributed by atoms with Crippen LogP contribution in [-0.4, -0.2) is 53.8 Å². The molecule has 17 heavy (non-hydrogen) atoms. The van der Waals surface area contributed by atoms with E-state index in [2.05, 4.69) is 15.0 Å². The molecule has 0 saturated heterocycles. The van der Waals surface area contributed by atoms with E-state index in [1.165, 1.54) is 7.11 Å². The number of ether oxygens (including phenoxy) is 2. The van der Waals surface area contributed by atoms with Crippen molar-refractivity contribution in [3.63, 3.8) is 0 Å². The molecular formula is C10H17N3O3S. The Morgan fingerprint density at radius 3 is 2.82 bits per heavy atom. The normalized spacial score (nSPS) is 10.5. The van der Waals surface area contributed by atoms with E-state index >= 15 is 0 Å². The van der Waals surface area contributed by atoms with E-state index < -0.39 is 5.97 Å². The smallest absolute Gasteiger partial charge is 0.360 e. The minimum Gasteiger partial charge on any atom is -0.464 e. The van der Waals surface area contributed by atoms with Crippen molar-refractivity contribution in [1.82, 2.24) is 15.0 Å². The van der Waals surface area contributed by atoms with E-state index in [1.807, 2.05) is 6.26 Å². The number of carbonyl (C=O) groups is 1. The van der Waals surface area contributed by atoms with E-state index in [0.717, 1.165) is 18.0 Å². The van der Waals surface area contributed by atoms with Crippen molar-refractivity contribution in [2.24, 2.45) is 0 Å². The highest BCUT2D eigenvalue weighted by atomic mass is 32.2. The summed E-state index contributed by atoms with van der Waals surface area (Å²) in [6, 6.07) is 0. The summed E-state index contributed by atoms with van der Waals surface area (Å²) in [5.41, 5.74) is 1.05. The van der Waals surface area contributed by atoms with Crippen LogP contribution in [0.2, 0.25) is 0 Å². The number of aryl methyl sites for hydroxylation is 1. The van der Waals surface area contributed by atoms with Crippen LogP contribution in [0.25, 0.3) is 0 Å². The van der Waals surface area contributed by atoms with Crippen LogP contribution < -0.4 is 0 Å². The first-order chi connectivity index (χ1) is 8.24. The topological polar surface area (TPSA) is 66.2 Å². The Balaban J connectivity index is 2.88. The Bertz CT molecular complexity index is 368. The maximum Gasteiger partial charge on any atom is 0.360 e. The van der Waals surface area contributed by atoms with E-state index in [-0.39, 0.29) is 5.69 Å². The Labute approximate surface area is 105 Å². The van der Waals surface area contributed by atoms with Crippen LogP contribution >= 0.6 is 11.8 Å². The summed E-state index contributed by atoms with van der Waals surface area (Å²) in [5.74, 6) is 0.468. The number of methoxy groups -OCH3 is 2. The zero-order valence-electron chi connectivity index (χ0n) is 10.3. The predicted molar refractivity (Wildman–Crippen MR) is 65.3 cm³/mol. The Morgan fingerprint density at radius 1 is 1.47 bits per heavy atom. The van der Waals surface area contributed by atoms with Crippen molar-refractivity contribution < 1.29 is 14.3 Å². The molecule has 0 aliphatic heterocycles. The van der Waals surface area contributed by atoms with Gasteiger partial charge in [0.15, 0.2) is 5.69 Å². The van der Waals surface area contributed by atoms with Gasteiger partial charge in [-0.2, -0.15) is 11.8 Å². The third kappa shape index (κ3) is 3.71. The molecule has 0 radical (unpaired) electrons. The highest BCUT2D eigenvalue weighted by Crippen LogP contribution is 2.09. The van der Waals surface area contributed by atoms with E-state index in [0.29, 0.717) is 13.0 Å². The van der Waals surface area contributed by atoms with E-state index in [9.17, 15) is 4.79 Å². The maximum atomic E-state index is 11.5. The molecule has 6 nitrogen and oxygen atoms in total. The first kappa shape index (κ1) is 14.0. The van der Waals surface area contributed by atoms with Crippen LogP contribution in [-0.2, 0) is 22.4 Å². The van der Waals surface area contributed by atoms with Crippen molar-refractivity contribution in [1.29, 1.82) is 0 Å². The van der Waals surface area contributed by atoms with Gasteiger partial charge in [0.1, 0.15) is 0 Å². The van der Waals surface area contributed by atoms with Crippen LogP contribution in [0.1, 0.15) is 16.2 Å². The molecular weight excluding hydrogens is 242 g/mol. The lowest BCUT2D eigenvalue weighted by atomic mass is 10.2. The summed E-state index contributed by atoms with van der Waals surface area (Å²) in [5, 5.41) is 7.84. The molecule has 1 heterocycles. The van der Waals surface area contributed by atoms with E-state index in [1.54, 1.807) is 23.6 Å². The number of esters is 1. The first-order valence-corrected chi connectivity index (χ1v) is 6.62. The molecule has 0 atom stereocenters. The largest absolute Gasteiger partial charge is 0.464 e. The fourth-order valence-electron chi connectivity index (χ4n) is 1.39. The van der Waals surface area contributed by atoms with Crippen LogP contribution in [0.5, 0.6) is 0 Å². The molecule has 1 aromatic rings. The molecule has 0 saturated carbocycles. The molecule has 0 spiro atoms. The fourth-order valence-corrected chi connectivity index (χ4v) is 1.75. The lowest BCUT2D eigenvalue weighted by molar-refractivity contribution is 0.0592. The monoisotopic (exact) mass is 259 g/mol.